The second kappa shape index (κ2) is 5.14. The molecule has 112 valence electrons. The van der Waals surface area contributed by atoms with E-state index in [1.54, 1.807) is 24.3 Å². The van der Waals surface area contributed by atoms with Crippen LogP contribution in [0.25, 0.3) is 22.3 Å². The topological polar surface area (TPSA) is 59.7 Å². The van der Waals surface area contributed by atoms with Crippen molar-refractivity contribution >= 4 is 11.0 Å². The number of rotatable bonds is 2. The van der Waals surface area contributed by atoms with Crippen LogP contribution in [0.3, 0.4) is 0 Å². The van der Waals surface area contributed by atoms with Crippen LogP contribution in [0.1, 0.15) is 0 Å². The van der Waals surface area contributed by atoms with Crippen LogP contribution in [0.2, 0.25) is 0 Å². The van der Waals surface area contributed by atoms with Gasteiger partial charge in [-0.05, 0) is 24.3 Å². The molecule has 0 spiro atoms. The Morgan fingerprint density at radius 1 is 1.14 bits per heavy atom. The number of hydrogen-bond donors (Lipinski definition) is 1. The van der Waals surface area contributed by atoms with Gasteiger partial charge in [-0.2, -0.15) is 0 Å². The molecule has 0 atom stereocenters. The van der Waals surface area contributed by atoms with E-state index in [9.17, 15) is 18.7 Å². The van der Waals surface area contributed by atoms with E-state index in [4.69, 9.17) is 9.15 Å². The molecule has 0 radical (unpaired) electrons. The lowest BCUT2D eigenvalue weighted by molar-refractivity contribution is 0.414. The molecule has 22 heavy (non-hydrogen) atoms. The van der Waals surface area contributed by atoms with Gasteiger partial charge in [0.1, 0.15) is 28.4 Å². The molecule has 0 bridgehead atoms. The molecule has 1 aromatic heterocycles. The number of halogens is 2. The average Bonchev–Trinajstić information content (AvgIpc) is 2.50. The van der Waals surface area contributed by atoms with Crippen LogP contribution < -0.4 is 10.2 Å². The maximum Gasteiger partial charge on any atom is 0.238 e. The van der Waals surface area contributed by atoms with Gasteiger partial charge < -0.3 is 14.3 Å². The fourth-order valence-corrected chi connectivity index (χ4v) is 2.17. The van der Waals surface area contributed by atoms with E-state index >= 15 is 0 Å². The minimum atomic E-state index is -1.08. The van der Waals surface area contributed by atoms with Gasteiger partial charge in [-0.25, -0.2) is 8.78 Å². The number of hydrogen-bond acceptors (Lipinski definition) is 4. The van der Waals surface area contributed by atoms with E-state index in [1.807, 2.05) is 0 Å². The van der Waals surface area contributed by atoms with Crippen LogP contribution in [-0.4, -0.2) is 12.2 Å². The number of benzene rings is 2. The van der Waals surface area contributed by atoms with Crippen molar-refractivity contribution in [1.29, 1.82) is 0 Å². The van der Waals surface area contributed by atoms with E-state index in [-0.39, 0.29) is 11.3 Å². The first kappa shape index (κ1) is 14.1. The zero-order valence-electron chi connectivity index (χ0n) is 11.4. The Bertz CT molecular complexity index is 914. The summed E-state index contributed by atoms with van der Waals surface area (Å²) in [6, 6.07) is 7.77. The van der Waals surface area contributed by atoms with Gasteiger partial charge in [0.05, 0.1) is 7.11 Å². The second-order valence-electron chi connectivity index (χ2n) is 4.60. The SMILES string of the molecule is COc1ccc(-c2oc3cc(F)cc(F)c3c(=O)c2O)cc1. The van der Waals surface area contributed by atoms with Gasteiger partial charge in [-0.1, -0.05) is 0 Å². The average molecular weight is 304 g/mol. The van der Waals surface area contributed by atoms with Crippen LogP contribution in [-0.2, 0) is 0 Å². The molecule has 0 unspecified atom stereocenters. The van der Waals surface area contributed by atoms with Crippen molar-refractivity contribution < 1.29 is 23.0 Å². The van der Waals surface area contributed by atoms with E-state index in [0.717, 1.165) is 6.07 Å². The van der Waals surface area contributed by atoms with Crippen LogP contribution in [0.15, 0.2) is 45.6 Å². The molecule has 1 N–H and O–H groups in total. The smallest absolute Gasteiger partial charge is 0.238 e. The number of methoxy groups -OCH3 is 1. The number of ether oxygens (including phenoxy) is 1. The van der Waals surface area contributed by atoms with Crippen LogP contribution in [0.4, 0.5) is 8.78 Å². The first-order chi connectivity index (χ1) is 10.5. The minimum absolute atomic E-state index is 0.162. The second-order valence-corrected chi connectivity index (χ2v) is 4.60. The Kier molecular flexibility index (Phi) is 3.29. The summed E-state index contributed by atoms with van der Waals surface area (Å²) in [5.74, 6) is -2.28. The van der Waals surface area contributed by atoms with E-state index in [1.165, 1.54) is 7.11 Å². The third kappa shape index (κ3) is 2.18. The highest BCUT2D eigenvalue weighted by Crippen LogP contribution is 2.31. The lowest BCUT2D eigenvalue weighted by Gasteiger charge is -2.07. The highest BCUT2D eigenvalue weighted by molar-refractivity contribution is 5.82. The molecule has 0 saturated carbocycles. The van der Waals surface area contributed by atoms with Crippen molar-refractivity contribution in [2.75, 3.05) is 7.11 Å². The van der Waals surface area contributed by atoms with Crippen molar-refractivity contribution in [3.8, 4) is 22.8 Å². The van der Waals surface area contributed by atoms with Gasteiger partial charge >= 0.3 is 0 Å². The zero-order chi connectivity index (χ0) is 15.9. The Morgan fingerprint density at radius 2 is 1.82 bits per heavy atom. The number of fused-ring (bicyclic) bond motifs is 1. The Balaban J connectivity index is 2.30. The molecule has 2 aromatic carbocycles. The fraction of sp³-hybridized carbons (Fsp3) is 0.0625. The maximum absolute atomic E-state index is 13.7. The van der Waals surface area contributed by atoms with Gasteiger partial charge in [-0.3, -0.25) is 4.79 Å². The molecule has 1 heterocycles. The predicted octanol–water partition coefficient (Wildman–Crippen LogP) is 3.45. The van der Waals surface area contributed by atoms with Crippen molar-refractivity contribution in [3.63, 3.8) is 0 Å². The molecule has 0 aliphatic heterocycles. The summed E-state index contributed by atoms with van der Waals surface area (Å²) < 4.78 is 37.3. The maximum atomic E-state index is 13.7. The molecular weight excluding hydrogens is 294 g/mol. The Hall–Kier alpha value is -2.89. The predicted molar refractivity (Wildman–Crippen MR) is 76.1 cm³/mol. The summed E-state index contributed by atoms with van der Waals surface area (Å²) in [7, 11) is 1.49. The van der Waals surface area contributed by atoms with Crippen molar-refractivity contribution in [1.82, 2.24) is 0 Å². The van der Waals surface area contributed by atoms with Gasteiger partial charge in [0.15, 0.2) is 5.76 Å². The van der Waals surface area contributed by atoms with E-state index < -0.39 is 28.2 Å². The van der Waals surface area contributed by atoms with Gasteiger partial charge in [0.2, 0.25) is 11.2 Å². The van der Waals surface area contributed by atoms with E-state index in [0.29, 0.717) is 17.4 Å². The van der Waals surface area contributed by atoms with Gasteiger partial charge in [-0.15, -0.1) is 0 Å². The quantitative estimate of drug-likeness (QED) is 0.787. The summed E-state index contributed by atoms with van der Waals surface area (Å²) in [4.78, 5) is 12.1. The molecule has 6 heteroatoms. The largest absolute Gasteiger partial charge is 0.502 e. The first-order valence-electron chi connectivity index (χ1n) is 6.30. The third-order valence-electron chi connectivity index (χ3n) is 3.24. The highest BCUT2D eigenvalue weighted by atomic mass is 19.1. The van der Waals surface area contributed by atoms with Crippen molar-refractivity contribution in [3.05, 3.63) is 58.3 Å². The molecule has 0 amide bonds. The zero-order valence-corrected chi connectivity index (χ0v) is 11.4. The number of aromatic hydroxyl groups is 1. The third-order valence-corrected chi connectivity index (χ3v) is 3.24. The molecule has 3 rings (SSSR count). The van der Waals surface area contributed by atoms with Gasteiger partial charge in [0.25, 0.3) is 0 Å². The van der Waals surface area contributed by atoms with Crippen LogP contribution in [0, 0.1) is 11.6 Å². The highest BCUT2D eigenvalue weighted by Gasteiger charge is 2.18. The molecule has 0 aliphatic carbocycles. The summed E-state index contributed by atoms with van der Waals surface area (Å²) in [6.45, 7) is 0. The summed E-state index contributed by atoms with van der Waals surface area (Å²) >= 11 is 0. The van der Waals surface area contributed by atoms with Crippen LogP contribution in [0.5, 0.6) is 11.5 Å². The molecular formula is C16H10F2O4. The van der Waals surface area contributed by atoms with Crippen molar-refractivity contribution in [2.45, 2.75) is 0 Å². The van der Waals surface area contributed by atoms with Crippen molar-refractivity contribution in [2.24, 2.45) is 0 Å². The van der Waals surface area contributed by atoms with Gasteiger partial charge in [0, 0.05) is 17.7 Å². The first-order valence-corrected chi connectivity index (χ1v) is 6.30. The Morgan fingerprint density at radius 3 is 2.45 bits per heavy atom. The fourth-order valence-electron chi connectivity index (χ4n) is 2.17. The molecule has 0 saturated heterocycles. The lowest BCUT2D eigenvalue weighted by atomic mass is 10.1. The Labute approximate surface area is 123 Å². The van der Waals surface area contributed by atoms with E-state index in [2.05, 4.69) is 0 Å². The summed E-state index contributed by atoms with van der Waals surface area (Å²) in [6.07, 6.45) is 0. The monoisotopic (exact) mass is 304 g/mol. The standard InChI is InChI=1S/C16H10F2O4/c1-21-10-4-2-8(3-5-10)16-15(20)14(19)13-11(18)6-9(17)7-12(13)22-16/h2-7,20H,1H3. The summed E-state index contributed by atoms with van der Waals surface area (Å²) in [5.41, 5.74) is -0.849. The normalized spacial score (nSPS) is 10.9. The van der Waals surface area contributed by atoms with Crippen LogP contribution >= 0.6 is 0 Å². The minimum Gasteiger partial charge on any atom is -0.502 e. The molecule has 0 aliphatic rings. The molecule has 4 nitrogen and oxygen atoms in total. The molecule has 0 fully saturated rings. The lowest BCUT2D eigenvalue weighted by Crippen LogP contribution is -2.05. The summed E-state index contributed by atoms with van der Waals surface area (Å²) in [5, 5.41) is 9.48. The molecule has 3 aromatic rings.